The third-order valence-electron chi connectivity index (χ3n) is 4.84. The van der Waals surface area contributed by atoms with Gasteiger partial charge in [0.25, 0.3) is 5.91 Å². The maximum atomic E-state index is 13.3. The molecule has 0 spiro atoms. The van der Waals surface area contributed by atoms with E-state index in [4.69, 9.17) is 4.42 Å². The Bertz CT molecular complexity index is 1100. The van der Waals surface area contributed by atoms with Gasteiger partial charge in [-0.25, -0.2) is 0 Å². The number of aromatic amines is 1. The second-order valence-corrected chi connectivity index (χ2v) is 6.55. The summed E-state index contributed by atoms with van der Waals surface area (Å²) in [5.41, 5.74) is 4.02. The highest BCUT2D eigenvalue weighted by molar-refractivity contribution is 6.01. The van der Waals surface area contributed by atoms with Crippen LogP contribution >= 0.6 is 0 Å². The van der Waals surface area contributed by atoms with Gasteiger partial charge in [-0.2, -0.15) is 5.10 Å². The fourth-order valence-corrected chi connectivity index (χ4v) is 3.52. The van der Waals surface area contributed by atoms with Crippen molar-refractivity contribution < 1.29 is 9.21 Å². The van der Waals surface area contributed by atoms with Crippen molar-refractivity contribution in [2.75, 3.05) is 5.32 Å². The van der Waals surface area contributed by atoms with Crippen molar-refractivity contribution in [1.29, 1.82) is 0 Å². The molecule has 1 aromatic carbocycles. The van der Waals surface area contributed by atoms with Crippen LogP contribution in [-0.2, 0) is 6.54 Å². The minimum absolute atomic E-state index is 0.0610. The Morgan fingerprint density at radius 2 is 2.00 bits per heavy atom. The van der Waals surface area contributed by atoms with E-state index in [2.05, 4.69) is 20.5 Å². The normalized spacial score (nSPS) is 15.9. The Hall–Kier alpha value is -3.87. The topological polar surface area (TPSA) is 87.0 Å². The highest BCUT2D eigenvalue weighted by Gasteiger charge is 2.35. The summed E-state index contributed by atoms with van der Waals surface area (Å²) in [5, 5.41) is 10.8. The molecule has 1 aliphatic rings. The molecule has 1 aliphatic heterocycles. The summed E-state index contributed by atoms with van der Waals surface area (Å²) in [5.74, 6) is 0.653. The van der Waals surface area contributed by atoms with Gasteiger partial charge in [-0.3, -0.25) is 14.9 Å². The summed E-state index contributed by atoms with van der Waals surface area (Å²) in [7, 11) is 0. The fraction of sp³-hybridized carbons (Fsp3) is 0.0952. The Morgan fingerprint density at radius 1 is 1.07 bits per heavy atom. The van der Waals surface area contributed by atoms with Crippen LogP contribution in [0.3, 0.4) is 0 Å². The van der Waals surface area contributed by atoms with E-state index in [9.17, 15) is 4.79 Å². The first-order chi connectivity index (χ1) is 13.8. The molecule has 4 heterocycles. The number of para-hydroxylation sites is 1. The zero-order valence-electron chi connectivity index (χ0n) is 14.9. The molecular formula is C21H17N5O2. The summed E-state index contributed by atoms with van der Waals surface area (Å²) in [4.78, 5) is 19.2. The van der Waals surface area contributed by atoms with Crippen molar-refractivity contribution in [3.63, 3.8) is 0 Å². The first-order valence-electron chi connectivity index (χ1n) is 8.94. The third kappa shape index (κ3) is 2.73. The molecule has 1 unspecified atom stereocenters. The summed E-state index contributed by atoms with van der Waals surface area (Å²) in [6.45, 7) is 0.343. The number of hydrogen-bond acceptors (Lipinski definition) is 5. The molecule has 0 saturated carbocycles. The van der Waals surface area contributed by atoms with Crippen molar-refractivity contribution in [2.45, 2.75) is 12.7 Å². The molecule has 3 aromatic heterocycles. The van der Waals surface area contributed by atoms with Crippen LogP contribution in [-0.4, -0.2) is 26.0 Å². The van der Waals surface area contributed by atoms with E-state index < -0.39 is 6.17 Å². The molecule has 28 heavy (non-hydrogen) atoms. The van der Waals surface area contributed by atoms with Crippen LogP contribution in [0.2, 0.25) is 0 Å². The number of nitrogens with zero attached hydrogens (tertiary/aromatic N) is 3. The molecule has 1 atom stereocenters. The van der Waals surface area contributed by atoms with Gasteiger partial charge in [0.2, 0.25) is 0 Å². The number of amides is 1. The summed E-state index contributed by atoms with van der Waals surface area (Å²) in [6.07, 6.45) is 6.45. The average Bonchev–Trinajstić information content (AvgIpc) is 3.43. The number of fused-ring (bicyclic) bond motifs is 1. The molecule has 4 aromatic rings. The number of anilines is 1. The van der Waals surface area contributed by atoms with Gasteiger partial charge in [-0.15, -0.1) is 0 Å². The Labute approximate surface area is 161 Å². The smallest absolute Gasteiger partial charge is 0.258 e. The van der Waals surface area contributed by atoms with E-state index >= 15 is 0 Å². The molecule has 0 fully saturated rings. The molecule has 0 bridgehead atoms. The summed E-state index contributed by atoms with van der Waals surface area (Å²) < 4.78 is 5.50. The fourth-order valence-electron chi connectivity index (χ4n) is 3.52. The highest BCUT2D eigenvalue weighted by Crippen LogP contribution is 2.37. The average molecular weight is 371 g/mol. The van der Waals surface area contributed by atoms with Gasteiger partial charge in [-0.1, -0.05) is 12.1 Å². The molecule has 7 heteroatoms. The Balaban J connectivity index is 1.61. The maximum absolute atomic E-state index is 13.3. The lowest BCUT2D eigenvalue weighted by molar-refractivity contribution is 0.0652. The van der Waals surface area contributed by atoms with Crippen molar-refractivity contribution in [3.8, 4) is 11.3 Å². The number of furan rings is 1. The van der Waals surface area contributed by atoms with Crippen LogP contribution in [0.5, 0.6) is 0 Å². The van der Waals surface area contributed by atoms with Crippen molar-refractivity contribution >= 4 is 11.6 Å². The van der Waals surface area contributed by atoms with E-state index in [1.165, 1.54) is 0 Å². The lowest BCUT2D eigenvalue weighted by atomic mass is 10.0. The van der Waals surface area contributed by atoms with Crippen LogP contribution in [0.15, 0.2) is 77.8 Å². The van der Waals surface area contributed by atoms with Gasteiger partial charge in [0.1, 0.15) is 11.9 Å². The molecule has 1 amide bonds. The van der Waals surface area contributed by atoms with Gasteiger partial charge >= 0.3 is 0 Å². The van der Waals surface area contributed by atoms with Crippen molar-refractivity contribution in [3.05, 3.63) is 90.3 Å². The number of pyridine rings is 1. The number of rotatable bonds is 4. The molecule has 7 nitrogen and oxygen atoms in total. The number of aromatic nitrogens is 3. The van der Waals surface area contributed by atoms with Crippen LogP contribution in [0.4, 0.5) is 5.69 Å². The zero-order valence-corrected chi connectivity index (χ0v) is 14.9. The van der Waals surface area contributed by atoms with Crippen LogP contribution in [0.25, 0.3) is 11.3 Å². The Kier molecular flexibility index (Phi) is 3.90. The molecule has 0 radical (unpaired) electrons. The van der Waals surface area contributed by atoms with Crippen molar-refractivity contribution in [2.24, 2.45) is 0 Å². The van der Waals surface area contributed by atoms with Crippen molar-refractivity contribution in [1.82, 2.24) is 20.1 Å². The van der Waals surface area contributed by atoms with Gasteiger partial charge in [0, 0.05) is 29.2 Å². The van der Waals surface area contributed by atoms with Gasteiger partial charge < -0.3 is 14.6 Å². The van der Waals surface area contributed by atoms with Gasteiger partial charge in [-0.05, 0) is 36.4 Å². The molecular weight excluding hydrogens is 354 g/mol. The number of H-pyrrole nitrogens is 1. The minimum Gasteiger partial charge on any atom is -0.467 e. The third-order valence-corrected chi connectivity index (χ3v) is 4.84. The number of carbonyl (C=O) groups is 1. The first-order valence-corrected chi connectivity index (χ1v) is 8.94. The molecule has 5 rings (SSSR count). The predicted molar refractivity (Wildman–Crippen MR) is 103 cm³/mol. The van der Waals surface area contributed by atoms with E-state index in [-0.39, 0.29) is 5.91 Å². The Morgan fingerprint density at radius 3 is 2.82 bits per heavy atom. The molecule has 2 N–H and O–H groups in total. The number of hydrogen-bond donors (Lipinski definition) is 2. The van der Waals surface area contributed by atoms with Crippen LogP contribution in [0.1, 0.15) is 27.8 Å². The standard InChI is InChI=1S/C21H17N5O2/c27-21-16-7-1-2-8-18(16)24-20(26(21)13-15-6-4-10-28-15)17-12-23-25-19(17)14-5-3-9-22-11-14/h1-12,20,24H,13H2,(H,23,25). The summed E-state index contributed by atoms with van der Waals surface area (Å²) >= 11 is 0. The van der Waals surface area contributed by atoms with E-state index in [1.807, 2.05) is 48.5 Å². The lowest BCUT2D eigenvalue weighted by Crippen LogP contribution is -2.42. The minimum atomic E-state index is -0.401. The first kappa shape index (κ1) is 16.3. The van der Waals surface area contributed by atoms with Crippen LogP contribution < -0.4 is 5.32 Å². The largest absolute Gasteiger partial charge is 0.467 e. The monoisotopic (exact) mass is 371 g/mol. The van der Waals surface area contributed by atoms with Gasteiger partial charge in [0.05, 0.1) is 30.3 Å². The lowest BCUT2D eigenvalue weighted by Gasteiger charge is -2.37. The highest BCUT2D eigenvalue weighted by atomic mass is 16.3. The molecule has 0 aliphatic carbocycles. The second-order valence-electron chi connectivity index (χ2n) is 6.55. The number of carbonyl (C=O) groups excluding carboxylic acids is 1. The summed E-state index contributed by atoms with van der Waals surface area (Å²) in [6, 6.07) is 15.0. The quantitative estimate of drug-likeness (QED) is 0.569. The van der Waals surface area contributed by atoms with Gasteiger partial charge in [0.15, 0.2) is 0 Å². The molecule has 0 saturated heterocycles. The number of nitrogens with one attached hydrogen (secondary N) is 2. The van der Waals surface area contributed by atoms with E-state index in [0.717, 1.165) is 22.5 Å². The number of benzene rings is 1. The van der Waals surface area contributed by atoms with E-state index in [1.54, 1.807) is 29.8 Å². The SMILES string of the molecule is O=C1c2ccccc2NC(c2cn[nH]c2-c2cccnc2)N1Cc1ccco1. The predicted octanol–water partition coefficient (Wildman–Crippen LogP) is 3.83. The zero-order chi connectivity index (χ0) is 18.9. The van der Waals surface area contributed by atoms with Crippen LogP contribution in [0, 0.1) is 0 Å². The second kappa shape index (κ2) is 6.70. The molecule has 138 valence electrons. The van der Waals surface area contributed by atoms with E-state index in [0.29, 0.717) is 17.9 Å². The maximum Gasteiger partial charge on any atom is 0.258 e.